The van der Waals surface area contributed by atoms with Gasteiger partial charge in [-0.2, -0.15) is 4.37 Å². The standard InChI is InChI=1S/C23H23N3O3S/c27-22-9-7-17-6-8-18(16-20(17)29-22)28-15-3-10-25-11-13-26(14-12-25)23-19-4-1-2-5-21(19)30-24-23/h1-2,4-9,16H,3,10-15H2. The van der Waals surface area contributed by atoms with Gasteiger partial charge in [0.15, 0.2) is 0 Å². The van der Waals surface area contributed by atoms with Gasteiger partial charge in [-0.3, -0.25) is 4.90 Å². The average molecular weight is 422 g/mol. The molecule has 0 saturated carbocycles. The predicted molar refractivity (Wildman–Crippen MR) is 121 cm³/mol. The fourth-order valence-electron chi connectivity index (χ4n) is 3.89. The molecule has 1 saturated heterocycles. The Morgan fingerprint density at radius 1 is 1.03 bits per heavy atom. The first-order chi connectivity index (χ1) is 14.8. The summed E-state index contributed by atoms with van der Waals surface area (Å²) in [5, 5.41) is 2.16. The van der Waals surface area contributed by atoms with Gasteiger partial charge in [-0.15, -0.1) is 0 Å². The molecule has 0 amide bonds. The molecule has 1 fully saturated rings. The van der Waals surface area contributed by atoms with Crippen LogP contribution in [0.2, 0.25) is 0 Å². The molecule has 7 heteroatoms. The van der Waals surface area contributed by atoms with E-state index in [1.54, 1.807) is 23.7 Å². The molecule has 2 aromatic carbocycles. The molecule has 4 aromatic rings. The molecule has 0 aliphatic carbocycles. The number of fused-ring (bicyclic) bond motifs is 2. The monoisotopic (exact) mass is 421 g/mol. The third kappa shape index (κ3) is 4.04. The highest BCUT2D eigenvalue weighted by atomic mass is 32.1. The Morgan fingerprint density at radius 2 is 1.87 bits per heavy atom. The van der Waals surface area contributed by atoms with Gasteiger partial charge in [-0.05, 0) is 48.3 Å². The van der Waals surface area contributed by atoms with Gasteiger partial charge in [0.1, 0.15) is 17.2 Å². The van der Waals surface area contributed by atoms with Crippen LogP contribution in [0.4, 0.5) is 5.82 Å². The maximum atomic E-state index is 11.4. The summed E-state index contributed by atoms with van der Waals surface area (Å²) in [4.78, 5) is 16.3. The molecule has 5 rings (SSSR count). The van der Waals surface area contributed by atoms with Crippen LogP contribution in [0.3, 0.4) is 0 Å². The number of aromatic nitrogens is 1. The van der Waals surface area contributed by atoms with Crippen LogP contribution in [0.1, 0.15) is 6.42 Å². The van der Waals surface area contributed by atoms with Crippen LogP contribution in [0.25, 0.3) is 21.1 Å². The summed E-state index contributed by atoms with van der Waals surface area (Å²) in [6.45, 7) is 5.71. The Hall–Kier alpha value is -2.90. The molecule has 0 unspecified atom stereocenters. The summed E-state index contributed by atoms with van der Waals surface area (Å²) in [5.74, 6) is 1.86. The van der Waals surface area contributed by atoms with Crippen molar-refractivity contribution in [3.05, 3.63) is 65.0 Å². The van der Waals surface area contributed by atoms with E-state index >= 15 is 0 Å². The second kappa shape index (κ2) is 8.45. The van der Waals surface area contributed by atoms with Crippen molar-refractivity contribution < 1.29 is 9.15 Å². The molecule has 0 atom stereocenters. The number of rotatable bonds is 6. The predicted octanol–water partition coefficient (Wildman–Crippen LogP) is 3.99. The van der Waals surface area contributed by atoms with Gasteiger partial charge < -0.3 is 14.1 Å². The van der Waals surface area contributed by atoms with Crippen molar-refractivity contribution >= 4 is 38.4 Å². The Bertz CT molecular complexity index is 1210. The summed E-state index contributed by atoms with van der Waals surface area (Å²) >= 11 is 1.58. The van der Waals surface area contributed by atoms with Gasteiger partial charge in [-0.1, -0.05) is 12.1 Å². The molecule has 3 heterocycles. The lowest BCUT2D eigenvalue weighted by Crippen LogP contribution is -2.47. The van der Waals surface area contributed by atoms with Gasteiger partial charge in [0, 0.05) is 55.6 Å². The van der Waals surface area contributed by atoms with Crippen molar-refractivity contribution in [3.63, 3.8) is 0 Å². The lowest BCUT2D eigenvalue weighted by atomic mass is 10.2. The van der Waals surface area contributed by atoms with Crippen LogP contribution in [-0.2, 0) is 0 Å². The van der Waals surface area contributed by atoms with Crippen molar-refractivity contribution in [3.8, 4) is 5.75 Å². The van der Waals surface area contributed by atoms with E-state index in [9.17, 15) is 4.79 Å². The SMILES string of the molecule is O=c1ccc2ccc(OCCCN3CCN(c4nsc5ccccc45)CC3)cc2o1. The number of piperazine rings is 1. The van der Waals surface area contributed by atoms with Crippen molar-refractivity contribution in [2.75, 3.05) is 44.2 Å². The van der Waals surface area contributed by atoms with Gasteiger partial charge in [0.25, 0.3) is 0 Å². The van der Waals surface area contributed by atoms with Gasteiger partial charge in [-0.25, -0.2) is 4.79 Å². The van der Waals surface area contributed by atoms with Crippen LogP contribution in [-0.4, -0.2) is 48.6 Å². The van der Waals surface area contributed by atoms with Crippen LogP contribution < -0.4 is 15.3 Å². The number of hydrogen-bond donors (Lipinski definition) is 0. The number of benzene rings is 2. The molecule has 1 aliphatic heterocycles. The molecular formula is C23H23N3O3S. The molecule has 2 aromatic heterocycles. The molecule has 0 bridgehead atoms. The van der Waals surface area contributed by atoms with Crippen LogP contribution in [0.5, 0.6) is 5.75 Å². The van der Waals surface area contributed by atoms with E-state index in [0.717, 1.165) is 56.1 Å². The lowest BCUT2D eigenvalue weighted by molar-refractivity contribution is 0.224. The highest BCUT2D eigenvalue weighted by molar-refractivity contribution is 7.13. The van der Waals surface area contributed by atoms with E-state index in [0.29, 0.717) is 12.2 Å². The average Bonchev–Trinajstić information content (AvgIpc) is 3.21. The summed E-state index contributed by atoms with van der Waals surface area (Å²) in [7, 11) is 0. The van der Waals surface area contributed by atoms with Gasteiger partial charge in [0.2, 0.25) is 0 Å². The molecule has 0 spiro atoms. The zero-order valence-corrected chi connectivity index (χ0v) is 17.4. The maximum absolute atomic E-state index is 11.4. The van der Waals surface area contributed by atoms with E-state index < -0.39 is 0 Å². The number of ether oxygens (including phenoxy) is 1. The number of anilines is 1. The fourth-order valence-corrected chi connectivity index (χ4v) is 4.69. The normalized spacial score (nSPS) is 15.1. The van der Waals surface area contributed by atoms with E-state index in [-0.39, 0.29) is 5.63 Å². The van der Waals surface area contributed by atoms with E-state index in [1.165, 1.54) is 16.2 Å². The first-order valence-electron chi connectivity index (χ1n) is 10.2. The quantitative estimate of drug-likeness (QED) is 0.347. The minimum atomic E-state index is -0.343. The third-order valence-corrected chi connectivity index (χ3v) is 6.33. The Balaban J connectivity index is 1.10. The lowest BCUT2D eigenvalue weighted by Gasteiger charge is -2.35. The van der Waals surface area contributed by atoms with E-state index in [2.05, 4.69) is 38.4 Å². The zero-order valence-electron chi connectivity index (χ0n) is 16.6. The number of hydrogen-bond acceptors (Lipinski definition) is 7. The highest BCUT2D eigenvalue weighted by Crippen LogP contribution is 2.29. The van der Waals surface area contributed by atoms with Gasteiger partial charge in [0.05, 0.1) is 11.3 Å². The second-order valence-corrected chi connectivity index (χ2v) is 8.29. The first kappa shape index (κ1) is 19.1. The smallest absolute Gasteiger partial charge is 0.336 e. The molecule has 0 N–H and O–H groups in total. The van der Waals surface area contributed by atoms with Crippen molar-refractivity contribution in [2.45, 2.75) is 6.42 Å². The Labute approximate surface area is 178 Å². The molecule has 0 radical (unpaired) electrons. The first-order valence-corrected chi connectivity index (χ1v) is 11.0. The minimum Gasteiger partial charge on any atom is -0.493 e. The summed E-state index contributed by atoms with van der Waals surface area (Å²) in [5.41, 5.74) is 0.218. The third-order valence-electron chi connectivity index (χ3n) is 5.51. The fraction of sp³-hybridized carbons (Fsp3) is 0.304. The van der Waals surface area contributed by atoms with E-state index in [1.807, 2.05) is 12.1 Å². The van der Waals surface area contributed by atoms with Crippen LogP contribution in [0.15, 0.2) is 63.8 Å². The van der Waals surface area contributed by atoms with Crippen LogP contribution >= 0.6 is 11.5 Å². The largest absolute Gasteiger partial charge is 0.493 e. The van der Waals surface area contributed by atoms with Crippen molar-refractivity contribution in [1.82, 2.24) is 9.27 Å². The van der Waals surface area contributed by atoms with E-state index in [4.69, 9.17) is 9.15 Å². The molecule has 6 nitrogen and oxygen atoms in total. The molecule has 154 valence electrons. The Morgan fingerprint density at radius 3 is 2.77 bits per heavy atom. The Kier molecular flexibility index (Phi) is 5.38. The summed E-state index contributed by atoms with van der Waals surface area (Å²) < 4.78 is 17.0. The molecular weight excluding hydrogens is 398 g/mol. The number of nitrogens with zero attached hydrogens (tertiary/aromatic N) is 3. The van der Waals surface area contributed by atoms with Crippen LogP contribution in [0, 0.1) is 0 Å². The topological polar surface area (TPSA) is 58.8 Å². The second-order valence-electron chi connectivity index (χ2n) is 7.49. The van der Waals surface area contributed by atoms with Crippen molar-refractivity contribution in [2.24, 2.45) is 0 Å². The van der Waals surface area contributed by atoms with Gasteiger partial charge >= 0.3 is 5.63 Å². The molecule has 30 heavy (non-hydrogen) atoms. The highest BCUT2D eigenvalue weighted by Gasteiger charge is 2.20. The van der Waals surface area contributed by atoms with Crippen molar-refractivity contribution in [1.29, 1.82) is 0 Å². The summed E-state index contributed by atoms with van der Waals surface area (Å²) in [6, 6.07) is 17.3. The summed E-state index contributed by atoms with van der Waals surface area (Å²) in [6.07, 6.45) is 0.955. The molecule has 1 aliphatic rings. The maximum Gasteiger partial charge on any atom is 0.336 e. The minimum absolute atomic E-state index is 0.343. The zero-order chi connectivity index (χ0) is 20.3.